The zero-order valence-corrected chi connectivity index (χ0v) is 12.2. The Kier molecular flexibility index (Phi) is 3.92. The number of benzene rings is 1. The molecule has 18 heavy (non-hydrogen) atoms. The highest BCUT2D eigenvalue weighted by molar-refractivity contribution is 9.10. The quantitative estimate of drug-likeness (QED) is 0.874. The number of hydrogen-bond donors (Lipinski definition) is 2. The Hall–Kier alpha value is -1.07. The van der Waals surface area contributed by atoms with Crippen LogP contribution >= 0.6 is 15.9 Å². The largest absolute Gasteiger partial charge is 0.366 e. The van der Waals surface area contributed by atoms with Crippen molar-refractivity contribution in [1.82, 2.24) is 5.32 Å². The number of nitrogens with one attached hydrogen (secondary N) is 1. The molecule has 98 valence electrons. The minimum absolute atomic E-state index is 0.399. The highest BCUT2D eigenvalue weighted by Gasteiger charge is 2.24. The van der Waals surface area contributed by atoms with Gasteiger partial charge in [-0.15, -0.1) is 0 Å². The number of nitrogens with two attached hydrogens (primary N) is 1. The van der Waals surface area contributed by atoms with Gasteiger partial charge in [-0.3, -0.25) is 4.79 Å². The van der Waals surface area contributed by atoms with Gasteiger partial charge in [-0.05, 0) is 48.0 Å². The van der Waals surface area contributed by atoms with Gasteiger partial charge in [-0.1, -0.05) is 0 Å². The number of carbonyl (C=O) groups is 1. The molecule has 5 heteroatoms. The van der Waals surface area contributed by atoms with E-state index in [0.717, 1.165) is 23.2 Å². The van der Waals surface area contributed by atoms with E-state index in [1.807, 2.05) is 6.07 Å². The van der Waals surface area contributed by atoms with Gasteiger partial charge in [0.05, 0.1) is 5.69 Å². The van der Waals surface area contributed by atoms with Crippen LogP contribution in [0.15, 0.2) is 22.7 Å². The van der Waals surface area contributed by atoms with E-state index in [0.29, 0.717) is 17.6 Å². The van der Waals surface area contributed by atoms with Gasteiger partial charge < -0.3 is 16.0 Å². The van der Waals surface area contributed by atoms with Gasteiger partial charge in [0, 0.05) is 35.2 Å². The number of hydrogen-bond acceptors (Lipinski definition) is 3. The van der Waals surface area contributed by atoms with Crippen molar-refractivity contribution in [3.63, 3.8) is 0 Å². The van der Waals surface area contributed by atoms with Gasteiger partial charge in [0.25, 0.3) is 0 Å². The van der Waals surface area contributed by atoms with E-state index in [-0.39, 0.29) is 0 Å². The Morgan fingerprint density at radius 2 is 2.22 bits per heavy atom. The number of halogens is 1. The molecule has 3 N–H and O–H groups in total. The molecule has 1 saturated heterocycles. The van der Waals surface area contributed by atoms with Crippen LogP contribution in [0.2, 0.25) is 0 Å². The summed E-state index contributed by atoms with van der Waals surface area (Å²) in [5.74, 6) is -0.399. The maximum Gasteiger partial charge on any atom is 0.248 e. The van der Waals surface area contributed by atoms with Crippen LogP contribution in [0.3, 0.4) is 0 Å². The van der Waals surface area contributed by atoms with Crippen LogP contribution in [-0.4, -0.2) is 31.1 Å². The molecule has 1 aromatic rings. The Labute approximate surface area is 116 Å². The zero-order chi connectivity index (χ0) is 13.3. The third kappa shape index (κ3) is 2.67. The minimum atomic E-state index is -0.399. The molecule has 1 amide bonds. The molecule has 1 fully saturated rings. The van der Waals surface area contributed by atoms with Gasteiger partial charge in [-0.2, -0.15) is 0 Å². The molecule has 0 radical (unpaired) electrons. The second kappa shape index (κ2) is 5.28. The van der Waals surface area contributed by atoms with Crippen LogP contribution in [-0.2, 0) is 0 Å². The first kappa shape index (κ1) is 13.4. The number of anilines is 1. The van der Waals surface area contributed by atoms with Crippen LogP contribution < -0.4 is 16.0 Å². The van der Waals surface area contributed by atoms with E-state index in [9.17, 15) is 4.79 Å². The molecule has 0 bridgehead atoms. The first-order chi connectivity index (χ1) is 8.49. The summed E-state index contributed by atoms with van der Waals surface area (Å²) in [6.07, 6.45) is 0. The summed E-state index contributed by atoms with van der Waals surface area (Å²) < 4.78 is 0.916. The van der Waals surface area contributed by atoms with E-state index in [1.54, 1.807) is 12.1 Å². The average molecular weight is 312 g/mol. The van der Waals surface area contributed by atoms with Gasteiger partial charge in [0.15, 0.2) is 0 Å². The van der Waals surface area contributed by atoms with Crippen molar-refractivity contribution in [2.45, 2.75) is 25.9 Å². The molecule has 0 spiro atoms. The summed E-state index contributed by atoms with van der Waals surface area (Å²) in [6, 6.07) is 6.42. The van der Waals surface area contributed by atoms with Crippen molar-refractivity contribution in [2.24, 2.45) is 5.73 Å². The van der Waals surface area contributed by atoms with Crippen LogP contribution in [0.1, 0.15) is 24.2 Å². The topological polar surface area (TPSA) is 58.4 Å². The summed E-state index contributed by atoms with van der Waals surface area (Å²) in [4.78, 5) is 13.5. The molecule has 4 nitrogen and oxygen atoms in total. The van der Waals surface area contributed by atoms with Crippen molar-refractivity contribution in [1.29, 1.82) is 0 Å². The lowest BCUT2D eigenvalue weighted by Crippen LogP contribution is -2.54. The average Bonchev–Trinajstić information content (AvgIpc) is 2.32. The number of piperazine rings is 1. The summed E-state index contributed by atoms with van der Waals surface area (Å²) in [6.45, 7) is 6.28. The lowest BCUT2D eigenvalue weighted by atomic mass is 10.1. The van der Waals surface area contributed by atoms with Gasteiger partial charge in [-0.25, -0.2) is 0 Å². The third-order valence-electron chi connectivity index (χ3n) is 3.31. The van der Waals surface area contributed by atoms with Crippen LogP contribution in [0.25, 0.3) is 0 Å². The van der Waals surface area contributed by atoms with E-state index in [4.69, 9.17) is 5.73 Å². The highest BCUT2D eigenvalue weighted by atomic mass is 79.9. The van der Waals surface area contributed by atoms with Gasteiger partial charge in [0.2, 0.25) is 5.91 Å². The fraction of sp³-hybridized carbons (Fsp3) is 0.462. The van der Waals surface area contributed by atoms with Crippen molar-refractivity contribution in [3.8, 4) is 0 Å². The summed E-state index contributed by atoms with van der Waals surface area (Å²) in [7, 11) is 0. The number of primary amides is 1. The number of nitrogens with zero attached hydrogens (tertiary/aromatic N) is 1. The number of amides is 1. The molecule has 0 saturated carbocycles. The van der Waals surface area contributed by atoms with E-state index in [2.05, 4.69) is 40.0 Å². The van der Waals surface area contributed by atoms with E-state index in [1.165, 1.54) is 0 Å². The Balaban J connectivity index is 2.30. The lowest BCUT2D eigenvalue weighted by molar-refractivity contribution is 0.100. The monoisotopic (exact) mass is 311 g/mol. The number of carbonyl (C=O) groups excluding carboxylic acids is 1. The second-order valence-electron chi connectivity index (χ2n) is 4.84. The first-order valence-corrected chi connectivity index (χ1v) is 6.87. The fourth-order valence-corrected chi connectivity index (χ4v) is 2.86. The summed E-state index contributed by atoms with van der Waals surface area (Å²) in [5, 5.41) is 3.45. The lowest BCUT2D eigenvalue weighted by Gasteiger charge is -2.39. The molecular formula is C13H18BrN3O. The molecule has 1 heterocycles. The highest BCUT2D eigenvalue weighted by Crippen LogP contribution is 2.29. The van der Waals surface area contributed by atoms with Crippen molar-refractivity contribution in [3.05, 3.63) is 28.2 Å². The molecule has 1 aliphatic heterocycles. The second-order valence-corrected chi connectivity index (χ2v) is 5.70. The van der Waals surface area contributed by atoms with Gasteiger partial charge in [0.1, 0.15) is 0 Å². The maximum atomic E-state index is 11.1. The summed E-state index contributed by atoms with van der Waals surface area (Å²) in [5.41, 5.74) is 6.92. The van der Waals surface area contributed by atoms with Crippen molar-refractivity contribution < 1.29 is 4.79 Å². The first-order valence-electron chi connectivity index (χ1n) is 6.08. The molecular weight excluding hydrogens is 294 g/mol. The summed E-state index contributed by atoms with van der Waals surface area (Å²) >= 11 is 3.53. The van der Waals surface area contributed by atoms with E-state index < -0.39 is 5.91 Å². The standard InChI is InChI=1S/C13H18BrN3O/c1-8-7-17(9(2)6-16-8)12-4-3-10(13(15)18)5-11(12)14/h3-5,8-9,16H,6-7H2,1-2H3,(H2,15,18). The SMILES string of the molecule is CC1CN(c2ccc(C(N)=O)cc2Br)C(C)CN1. The predicted molar refractivity (Wildman–Crippen MR) is 76.9 cm³/mol. The Morgan fingerprint density at radius 3 is 2.83 bits per heavy atom. The Morgan fingerprint density at radius 1 is 1.50 bits per heavy atom. The van der Waals surface area contributed by atoms with Crippen LogP contribution in [0.5, 0.6) is 0 Å². The normalized spacial score (nSPS) is 24.1. The molecule has 2 unspecified atom stereocenters. The molecule has 2 rings (SSSR count). The van der Waals surface area contributed by atoms with Gasteiger partial charge >= 0.3 is 0 Å². The van der Waals surface area contributed by atoms with Crippen molar-refractivity contribution >= 4 is 27.5 Å². The molecule has 1 aliphatic rings. The fourth-order valence-electron chi connectivity index (χ4n) is 2.25. The Bertz CT molecular complexity index is 464. The number of rotatable bonds is 2. The van der Waals surface area contributed by atoms with Crippen molar-refractivity contribution in [2.75, 3.05) is 18.0 Å². The van der Waals surface area contributed by atoms with Crippen LogP contribution in [0.4, 0.5) is 5.69 Å². The van der Waals surface area contributed by atoms with E-state index >= 15 is 0 Å². The predicted octanol–water partition coefficient (Wildman–Crippen LogP) is 1.73. The van der Waals surface area contributed by atoms with Crippen LogP contribution in [0, 0.1) is 0 Å². The minimum Gasteiger partial charge on any atom is -0.366 e. The third-order valence-corrected chi connectivity index (χ3v) is 3.94. The molecule has 1 aromatic carbocycles. The zero-order valence-electron chi connectivity index (χ0n) is 10.6. The molecule has 0 aromatic heterocycles. The molecule has 0 aliphatic carbocycles. The maximum absolute atomic E-state index is 11.1. The molecule has 2 atom stereocenters. The smallest absolute Gasteiger partial charge is 0.248 e.